The van der Waals surface area contributed by atoms with Crippen LogP contribution in [0.15, 0.2) is 36.5 Å². The van der Waals surface area contributed by atoms with E-state index in [1.165, 1.54) is 0 Å². The molecule has 0 saturated carbocycles. The molecule has 0 spiro atoms. The smallest absolute Gasteiger partial charge is 0.156 e. The van der Waals surface area contributed by atoms with Gasteiger partial charge in [-0.1, -0.05) is 17.7 Å². The second-order valence-corrected chi connectivity index (χ2v) is 8.32. The fraction of sp³-hybridized carbons (Fsp3) is 0.286. The van der Waals surface area contributed by atoms with Gasteiger partial charge in [0.15, 0.2) is 5.82 Å². The van der Waals surface area contributed by atoms with Crippen molar-refractivity contribution in [3.05, 3.63) is 52.7 Å². The van der Waals surface area contributed by atoms with E-state index in [4.69, 9.17) is 16.3 Å². The van der Waals surface area contributed by atoms with E-state index in [1.54, 1.807) is 13.3 Å². The van der Waals surface area contributed by atoms with Crippen LogP contribution < -0.4 is 15.0 Å². The Morgan fingerprint density at radius 3 is 2.79 bits per heavy atom. The molecule has 0 bridgehead atoms. The highest BCUT2D eigenvalue weighted by Crippen LogP contribution is 2.33. The van der Waals surface area contributed by atoms with Crippen LogP contribution in [0.1, 0.15) is 11.1 Å². The number of rotatable bonds is 5. The van der Waals surface area contributed by atoms with E-state index in [0.29, 0.717) is 28.7 Å². The van der Waals surface area contributed by atoms with Crippen LogP contribution in [0.5, 0.6) is 5.75 Å². The molecule has 1 fully saturated rings. The van der Waals surface area contributed by atoms with Gasteiger partial charge < -0.3 is 15.0 Å². The Balaban J connectivity index is 1.68. The number of nitriles is 1. The lowest BCUT2D eigenvalue weighted by molar-refractivity contribution is 0.415. The number of anilines is 2. The predicted octanol–water partition coefficient (Wildman–Crippen LogP) is 4.33. The van der Waals surface area contributed by atoms with E-state index in [9.17, 15) is 5.26 Å². The molecule has 2 heterocycles. The third-order valence-corrected chi connectivity index (χ3v) is 6.15. The van der Waals surface area contributed by atoms with E-state index >= 15 is 0 Å². The predicted molar refractivity (Wildman–Crippen MR) is 119 cm³/mol. The van der Waals surface area contributed by atoms with Gasteiger partial charge in [0.25, 0.3) is 0 Å². The van der Waals surface area contributed by atoms with E-state index in [2.05, 4.69) is 26.5 Å². The highest BCUT2D eigenvalue weighted by molar-refractivity contribution is 7.99. The summed E-state index contributed by atoms with van der Waals surface area (Å²) in [6, 6.07) is 11.8. The quantitative estimate of drug-likeness (QED) is 0.652. The Labute approximate surface area is 178 Å². The zero-order valence-corrected chi connectivity index (χ0v) is 17.6. The second-order valence-electron chi connectivity index (χ2n) is 6.68. The zero-order valence-electron chi connectivity index (χ0n) is 16.0. The van der Waals surface area contributed by atoms with Crippen LogP contribution in [0.4, 0.5) is 11.5 Å². The molecule has 29 heavy (non-hydrogen) atoms. The Hall–Kier alpha value is -2.69. The van der Waals surface area contributed by atoms with Gasteiger partial charge in [-0.3, -0.25) is 0 Å². The third kappa shape index (κ3) is 4.19. The molecule has 1 aromatic heterocycles. The number of ether oxygens (including phenoxy) is 1. The number of thioether (sulfide) groups is 1. The van der Waals surface area contributed by atoms with Crippen molar-refractivity contribution in [1.82, 2.24) is 10.2 Å². The van der Waals surface area contributed by atoms with Crippen molar-refractivity contribution in [2.45, 2.75) is 6.54 Å². The highest BCUT2D eigenvalue weighted by atomic mass is 35.5. The summed E-state index contributed by atoms with van der Waals surface area (Å²) in [5.41, 5.74) is 2.67. The van der Waals surface area contributed by atoms with Crippen LogP contribution in [-0.2, 0) is 6.54 Å². The van der Waals surface area contributed by atoms with Gasteiger partial charge in [-0.15, -0.1) is 5.10 Å². The van der Waals surface area contributed by atoms with Gasteiger partial charge in [0.2, 0.25) is 0 Å². The molecule has 0 unspecified atom stereocenters. The molecule has 1 aliphatic rings. The Kier molecular flexibility index (Phi) is 5.93. The molecule has 1 aliphatic heterocycles. The van der Waals surface area contributed by atoms with Gasteiger partial charge in [-0.2, -0.15) is 22.1 Å². The number of nitrogens with zero attached hydrogens (tertiary/aromatic N) is 4. The van der Waals surface area contributed by atoms with Gasteiger partial charge >= 0.3 is 0 Å². The fourth-order valence-corrected chi connectivity index (χ4v) is 4.62. The van der Waals surface area contributed by atoms with Crippen LogP contribution in [0.3, 0.4) is 0 Å². The molecule has 8 heteroatoms. The molecule has 3 aromatic rings. The van der Waals surface area contributed by atoms with E-state index in [1.807, 2.05) is 42.1 Å². The summed E-state index contributed by atoms with van der Waals surface area (Å²) in [5, 5.41) is 23.8. The molecule has 0 amide bonds. The number of fused-ring (bicyclic) bond motifs is 1. The minimum Gasteiger partial charge on any atom is -0.495 e. The Bertz CT molecular complexity index is 1080. The van der Waals surface area contributed by atoms with Crippen LogP contribution in [0.25, 0.3) is 10.8 Å². The highest BCUT2D eigenvalue weighted by Gasteiger charge is 2.17. The lowest BCUT2D eigenvalue weighted by Gasteiger charge is -2.29. The van der Waals surface area contributed by atoms with Crippen molar-refractivity contribution >= 4 is 45.6 Å². The maximum Gasteiger partial charge on any atom is 0.156 e. The van der Waals surface area contributed by atoms with Crippen molar-refractivity contribution in [1.29, 1.82) is 5.26 Å². The van der Waals surface area contributed by atoms with Gasteiger partial charge in [0.1, 0.15) is 5.75 Å². The second kappa shape index (κ2) is 8.76. The number of methoxy groups -OCH3 is 1. The minimum atomic E-state index is 0.532. The van der Waals surface area contributed by atoms with E-state index in [-0.39, 0.29) is 0 Å². The molecular formula is C21H20ClN5OS. The van der Waals surface area contributed by atoms with Crippen molar-refractivity contribution < 1.29 is 4.74 Å². The monoisotopic (exact) mass is 425 g/mol. The largest absolute Gasteiger partial charge is 0.495 e. The fourth-order valence-electron chi connectivity index (χ4n) is 3.43. The van der Waals surface area contributed by atoms with Gasteiger partial charge in [0, 0.05) is 47.6 Å². The van der Waals surface area contributed by atoms with E-state index in [0.717, 1.165) is 46.6 Å². The topological polar surface area (TPSA) is 74.1 Å². The lowest BCUT2D eigenvalue weighted by Crippen LogP contribution is -2.32. The summed E-state index contributed by atoms with van der Waals surface area (Å²) in [6.45, 7) is 2.46. The van der Waals surface area contributed by atoms with Crippen molar-refractivity contribution in [3.8, 4) is 11.8 Å². The average molecular weight is 426 g/mol. The first-order valence-electron chi connectivity index (χ1n) is 9.28. The number of aromatic nitrogens is 2. The maximum absolute atomic E-state index is 9.54. The number of benzene rings is 2. The third-order valence-electron chi connectivity index (χ3n) is 4.91. The first-order chi connectivity index (χ1) is 14.2. The van der Waals surface area contributed by atoms with Crippen molar-refractivity contribution in [2.75, 3.05) is 41.9 Å². The number of nitrogens with one attached hydrogen (secondary N) is 1. The molecule has 1 N–H and O–H groups in total. The maximum atomic E-state index is 9.54. The van der Waals surface area contributed by atoms with Gasteiger partial charge in [-0.05, 0) is 29.8 Å². The molecule has 0 radical (unpaired) electrons. The molecule has 0 aliphatic carbocycles. The first-order valence-corrected chi connectivity index (χ1v) is 10.8. The van der Waals surface area contributed by atoms with Crippen LogP contribution in [0.2, 0.25) is 5.02 Å². The molecule has 6 nitrogen and oxygen atoms in total. The summed E-state index contributed by atoms with van der Waals surface area (Å²) < 4.78 is 5.21. The Morgan fingerprint density at radius 2 is 2.07 bits per heavy atom. The van der Waals surface area contributed by atoms with Crippen molar-refractivity contribution in [2.24, 2.45) is 0 Å². The zero-order chi connectivity index (χ0) is 20.2. The normalized spacial score (nSPS) is 13.9. The summed E-state index contributed by atoms with van der Waals surface area (Å²) >= 11 is 8.18. The molecule has 4 rings (SSSR count). The van der Waals surface area contributed by atoms with Crippen molar-refractivity contribution in [3.63, 3.8) is 0 Å². The van der Waals surface area contributed by atoms with Gasteiger partial charge in [0.05, 0.1) is 30.0 Å². The van der Waals surface area contributed by atoms with Crippen LogP contribution in [-0.4, -0.2) is 41.9 Å². The Morgan fingerprint density at radius 1 is 1.24 bits per heavy atom. The summed E-state index contributed by atoms with van der Waals surface area (Å²) in [6.07, 6.45) is 1.78. The molecule has 1 saturated heterocycles. The number of hydrogen-bond donors (Lipinski definition) is 1. The summed E-state index contributed by atoms with van der Waals surface area (Å²) in [4.78, 5) is 2.33. The van der Waals surface area contributed by atoms with E-state index < -0.39 is 0 Å². The molecular weight excluding hydrogens is 406 g/mol. The molecule has 2 aromatic carbocycles. The number of halogens is 1. The van der Waals surface area contributed by atoms with Crippen LogP contribution >= 0.6 is 23.4 Å². The lowest BCUT2D eigenvalue weighted by atomic mass is 10.1. The SMILES string of the molecule is COc1ccc(CNc2nncc3c(N4CCSCC4)cc(C#N)cc23)cc1Cl. The minimum absolute atomic E-state index is 0.532. The van der Waals surface area contributed by atoms with Crippen LogP contribution in [0, 0.1) is 11.3 Å². The molecule has 148 valence electrons. The molecule has 0 atom stereocenters. The van der Waals surface area contributed by atoms with Gasteiger partial charge in [-0.25, -0.2) is 0 Å². The number of hydrogen-bond acceptors (Lipinski definition) is 7. The summed E-state index contributed by atoms with van der Waals surface area (Å²) in [5.74, 6) is 3.46. The first kappa shape index (κ1) is 19.6. The standard InChI is InChI=1S/C21H20ClN5OS/c1-28-20-3-2-14(9-18(20)22)12-24-21-16-8-15(11-23)10-19(17(16)13-25-26-21)27-4-6-29-7-5-27/h2-3,8-10,13H,4-7,12H2,1H3,(H,24,26). The summed E-state index contributed by atoms with van der Waals surface area (Å²) in [7, 11) is 1.59. The average Bonchev–Trinajstić information content (AvgIpc) is 2.77.